The minimum atomic E-state index is -0.997. The van der Waals surface area contributed by atoms with Crippen molar-refractivity contribution in [3.05, 3.63) is 68.8 Å². The number of carboxylic acid groups (broad SMARTS) is 1. The van der Waals surface area contributed by atoms with Gasteiger partial charge in [0.1, 0.15) is 5.75 Å². The summed E-state index contributed by atoms with van der Waals surface area (Å²) in [5.41, 5.74) is 1.52. The van der Waals surface area contributed by atoms with Crippen LogP contribution in [0.15, 0.2) is 36.4 Å². The molecule has 1 N–H and O–H groups in total. The van der Waals surface area contributed by atoms with Crippen LogP contribution >= 0.6 is 0 Å². The third kappa shape index (κ3) is 6.24. The summed E-state index contributed by atoms with van der Waals surface area (Å²) in [6, 6.07) is 8.19. The van der Waals surface area contributed by atoms with Crippen LogP contribution in [-0.2, 0) is 30.9 Å². The van der Waals surface area contributed by atoms with E-state index in [0.29, 0.717) is 89.4 Å². The summed E-state index contributed by atoms with van der Waals surface area (Å²) in [6.45, 7) is 9.34. The lowest BCUT2D eigenvalue weighted by molar-refractivity contribution is -0.385. The molecule has 0 radical (unpaired) electrons. The third-order valence-corrected chi connectivity index (χ3v) is 8.42. The fourth-order valence-electron chi connectivity index (χ4n) is 5.99. The minimum Gasteiger partial charge on any atom is -0.478 e. The first-order valence-corrected chi connectivity index (χ1v) is 14.5. The highest BCUT2D eigenvalue weighted by Crippen LogP contribution is 2.55. The van der Waals surface area contributed by atoms with Crippen LogP contribution < -0.4 is 9.64 Å². The molecule has 0 aromatic heterocycles. The van der Waals surface area contributed by atoms with E-state index in [4.69, 9.17) is 23.7 Å². The molecule has 2 aromatic carbocycles. The Morgan fingerprint density at radius 2 is 1.56 bits per heavy atom. The van der Waals surface area contributed by atoms with E-state index in [2.05, 4.69) is 4.90 Å². The molecule has 2 aromatic rings. The van der Waals surface area contributed by atoms with Gasteiger partial charge in [-0.1, -0.05) is 0 Å². The van der Waals surface area contributed by atoms with E-state index < -0.39 is 22.0 Å². The number of aromatic carboxylic acids is 1. The predicted molar refractivity (Wildman–Crippen MR) is 159 cm³/mol. The van der Waals surface area contributed by atoms with Crippen LogP contribution in [0.4, 0.5) is 11.4 Å². The second-order valence-electron chi connectivity index (χ2n) is 11.4. The van der Waals surface area contributed by atoms with Gasteiger partial charge in [-0.05, 0) is 49.8 Å². The SMILES string of the molecule is CN1c2ccc(C(=O)O)cc2C(C)(C)C12C=Cc1cc([N+](=O)[O-])cc(CN3CCOCCOCCOCCOCC3)c1O2. The molecule has 3 heterocycles. The molecule has 0 bridgehead atoms. The standard InChI is InChI=1S/C31H39N3O9/c1-30(2)26-20-23(29(35)36)4-5-27(26)32(3)31(30)7-6-22-18-25(34(37)38)19-24(28(22)43-31)21-33-8-10-39-12-14-41-16-17-42-15-13-40-11-9-33/h4-7,18-20H,8-17,21H2,1-3H3,(H,35,36). The zero-order valence-electron chi connectivity index (χ0n) is 24.9. The number of non-ortho nitro benzene ring substituents is 1. The average Bonchev–Trinajstić information content (AvgIpc) is 3.13. The summed E-state index contributed by atoms with van der Waals surface area (Å²) in [5, 5.41) is 21.6. The summed E-state index contributed by atoms with van der Waals surface area (Å²) < 4.78 is 29.5. The Morgan fingerprint density at radius 1 is 0.953 bits per heavy atom. The third-order valence-electron chi connectivity index (χ3n) is 8.42. The molecule has 0 aliphatic carbocycles. The number of nitro benzene ring substituents is 1. The monoisotopic (exact) mass is 597 g/mol. The lowest BCUT2D eigenvalue weighted by Gasteiger charge is -2.46. The van der Waals surface area contributed by atoms with Crippen LogP contribution in [-0.4, -0.2) is 99.6 Å². The number of anilines is 1. The molecule has 232 valence electrons. The van der Waals surface area contributed by atoms with Crippen LogP contribution in [0.3, 0.4) is 0 Å². The van der Waals surface area contributed by atoms with Gasteiger partial charge < -0.3 is 33.7 Å². The van der Waals surface area contributed by atoms with Crippen LogP contribution in [0, 0.1) is 10.1 Å². The van der Waals surface area contributed by atoms with Gasteiger partial charge in [0.15, 0.2) is 0 Å². The van der Waals surface area contributed by atoms with Gasteiger partial charge in [0.05, 0.1) is 68.8 Å². The molecule has 3 aliphatic heterocycles. The fraction of sp³-hybridized carbons (Fsp3) is 0.516. The summed E-state index contributed by atoms with van der Waals surface area (Å²) in [7, 11) is 1.92. The summed E-state index contributed by atoms with van der Waals surface area (Å²) >= 11 is 0. The fourth-order valence-corrected chi connectivity index (χ4v) is 5.99. The normalized spacial score (nSPS) is 23.1. The van der Waals surface area contributed by atoms with E-state index in [0.717, 1.165) is 11.3 Å². The minimum absolute atomic E-state index is 0.0217. The van der Waals surface area contributed by atoms with Crippen molar-refractivity contribution >= 4 is 23.4 Å². The number of benzene rings is 2. The molecule has 1 unspecified atom stereocenters. The molecule has 12 heteroatoms. The Labute approximate surface area is 250 Å². The van der Waals surface area contributed by atoms with E-state index in [-0.39, 0.29) is 11.3 Å². The van der Waals surface area contributed by atoms with Gasteiger partial charge in [-0.15, -0.1) is 0 Å². The van der Waals surface area contributed by atoms with Crippen molar-refractivity contribution in [1.82, 2.24) is 4.90 Å². The maximum atomic E-state index is 11.9. The van der Waals surface area contributed by atoms with E-state index in [1.807, 2.05) is 37.9 Å². The zero-order chi connectivity index (χ0) is 30.6. The van der Waals surface area contributed by atoms with Crippen molar-refractivity contribution in [2.75, 3.05) is 77.9 Å². The number of ether oxygens (including phenoxy) is 5. The van der Waals surface area contributed by atoms with Gasteiger partial charge in [0, 0.05) is 55.6 Å². The number of hydrogen-bond acceptors (Lipinski definition) is 10. The Kier molecular flexibility index (Phi) is 9.33. The van der Waals surface area contributed by atoms with Crippen molar-refractivity contribution in [2.45, 2.75) is 31.5 Å². The number of rotatable bonds is 4. The quantitative estimate of drug-likeness (QED) is 0.409. The number of likely N-dealkylation sites (N-methyl/N-ethyl adjacent to an activating group) is 1. The van der Waals surface area contributed by atoms with E-state index in [1.54, 1.807) is 24.3 Å². The highest BCUT2D eigenvalue weighted by Gasteiger charge is 2.58. The number of carbonyl (C=O) groups is 1. The molecule has 1 spiro atoms. The first-order valence-electron chi connectivity index (χ1n) is 14.5. The van der Waals surface area contributed by atoms with Gasteiger partial charge >= 0.3 is 5.97 Å². The van der Waals surface area contributed by atoms with Crippen molar-refractivity contribution in [1.29, 1.82) is 0 Å². The molecule has 1 fully saturated rings. The van der Waals surface area contributed by atoms with Crippen LogP contribution in [0.1, 0.15) is 40.9 Å². The lowest BCUT2D eigenvalue weighted by atomic mass is 9.76. The van der Waals surface area contributed by atoms with Crippen molar-refractivity contribution in [3.8, 4) is 5.75 Å². The van der Waals surface area contributed by atoms with Gasteiger partial charge in [-0.25, -0.2) is 4.79 Å². The number of nitrogens with zero attached hydrogens (tertiary/aromatic N) is 3. The van der Waals surface area contributed by atoms with E-state index >= 15 is 0 Å². The molecule has 1 atom stereocenters. The summed E-state index contributed by atoms with van der Waals surface area (Å²) in [4.78, 5) is 27.4. The number of fused-ring (bicyclic) bond motifs is 2. The number of hydrogen-bond donors (Lipinski definition) is 1. The van der Waals surface area contributed by atoms with Crippen molar-refractivity contribution in [2.24, 2.45) is 0 Å². The largest absolute Gasteiger partial charge is 0.478 e. The second kappa shape index (κ2) is 13.0. The van der Waals surface area contributed by atoms with Crippen LogP contribution in [0.5, 0.6) is 5.75 Å². The van der Waals surface area contributed by atoms with Gasteiger partial charge in [0.25, 0.3) is 5.69 Å². The van der Waals surface area contributed by atoms with Gasteiger partial charge in [0.2, 0.25) is 5.72 Å². The van der Waals surface area contributed by atoms with Gasteiger partial charge in [-0.2, -0.15) is 0 Å². The molecule has 5 rings (SSSR count). The maximum Gasteiger partial charge on any atom is 0.335 e. The van der Waals surface area contributed by atoms with Crippen LogP contribution in [0.2, 0.25) is 0 Å². The molecule has 43 heavy (non-hydrogen) atoms. The summed E-state index contributed by atoms with van der Waals surface area (Å²) in [6.07, 6.45) is 3.79. The Hall–Kier alpha value is -3.55. The molecule has 1 saturated heterocycles. The second-order valence-corrected chi connectivity index (χ2v) is 11.4. The van der Waals surface area contributed by atoms with Crippen LogP contribution in [0.25, 0.3) is 6.08 Å². The highest BCUT2D eigenvalue weighted by atomic mass is 16.6. The lowest BCUT2D eigenvalue weighted by Crippen LogP contribution is -2.58. The maximum absolute atomic E-state index is 11.9. The molecule has 0 amide bonds. The topological polar surface area (TPSA) is 133 Å². The Balaban J connectivity index is 1.46. The molecular weight excluding hydrogens is 558 g/mol. The number of carboxylic acids is 1. The first kappa shape index (κ1) is 30.9. The zero-order valence-corrected chi connectivity index (χ0v) is 24.9. The summed E-state index contributed by atoms with van der Waals surface area (Å²) in [5.74, 6) is -0.443. The smallest absolute Gasteiger partial charge is 0.335 e. The molecular formula is C31H39N3O9. The van der Waals surface area contributed by atoms with Crippen molar-refractivity contribution in [3.63, 3.8) is 0 Å². The molecule has 0 saturated carbocycles. The van der Waals surface area contributed by atoms with Gasteiger partial charge in [-0.3, -0.25) is 15.0 Å². The highest BCUT2D eigenvalue weighted by molar-refractivity contribution is 5.89. The molecule has 12 nitrogen and oxygen atoms in total. The van der Waals surface area contributed by atoms with E-state index in [9.17, 15) is 20.0 Å². The Bertz CT molecular complexity index is 1360. The predicted octanol–water partition coefficient (Wildman–Crippen LogP) is 3.70. The average molecular weight is 598 g/mol. The molecule has 3 aliphatic rings. The number of nitro groups is 1. The van der Waals surface area contributed by atoms with E-state index in [1.165, 1.54) is 6.07 Å². The Morgan fingerprint density at radius 3 is 2.14 bits per heavy atom. The van der Waals surface area contributed by atoms with Crippen molar-refractivity contribution < 1.29 is 38.5 Å². The first-order chi connectivity index (χ1) is 20.6.